The molecule has 3 aromatic carbocycles. The van der Waals surface area contributed by atoms with E-state index in [9.17, 15) is 19.1 Å². The molecule has 1 aliphatic heterocycles. The summed E-state index contributed by atoms with van der Waals surface area (Å²) in [7, 11) is 0. The van der Waals surface area contributed by atoms with Crippen molar-refractivity contribution in [2.75, 3.05) is 6.54 Å². The maximum Gasteiger partial charge on any atom is 0.323 e. The summed E-state index contributed by atoms with van der Waals surface area (Å²) in [6.45, 7) is 1.57. The standard InChI is InChI=1S/C27H25ClFNO4/c1-27(15-18-4-2-6-22(28)12-18)11-10-20-14-21(8-9-24(20)34-27)26(33)30(17-25(31)32)16-19-5-3-7-23(29)13-19/h2-9,12-14H,10-11,15-17H2,1H3,(H,31,32)/t27-/m1/s1. The number of fused-ring (bicyclic) bond motifs is 1. The van der Waals surface area contributed by atoms with Crippen LogP contribution in [-0.4, -0.2) is 34.0 Å². The normalized spacial score (nSPS) is 16.9. The van der Waals surface area contributed by atoms with Gasteiger partial charge in [-0.3, -0.25) is 9.59 Å². The number of amides is 1. The molecule has 0 unspecified atom stereocenters. The number of aryl methyl sites for hydroxylation is 1. The molecule has 0 saturated carbocycles. The number of halogens is 2. The molecule has 3 aromatic rings. The van der Waals surface area contributed by atoms with E-state index >= 15 is 0 Å². The van der Waals surface area contributed by atoms with Crippen LogP contribution in [0.2, 0.25) is 5.02 Å². The van der Waals surface area contributed by atoms with Crippen LogP contribution < -0.4 is 4.74 Å². The number of hydrogen-bond donors (Lipinski definition) is 1. The van der Waals surface area contributed by atoms with E-state index in [1.54, 1.807) is 24.3 Å². The third-order valence-corrected chi connectivity index (χ3v) is 6.16. The molecule has 1 amide bonds. The smallest absolute Gasteiger partial charge is 0.323 e. The first-order valence-corrected chi connectivity index (χ1v) is 11.4. The van der Waals surface area contributed by atoms with Crippen LogP contribution >= 0.6 is 11.6 Å². The van der Waals surface area contributed by atoms with E-state index in [1.807, 2.05) is 24.3 Å². The van der Waals surface area contributed by atoms with Crippen LogP contribution in [0.4, 0.5) is 4.39 Å². The van der Waals surface area contributed by atoms with Crippen molar-refractivity contribution in [1.82, 2.24) is 4.90 Å². The number of ether oxygens (including phenoxy) is 1. The zero-order valence-corrected chi connectivity index (χ0v) is 19.5. The minimum absolute atomic E-state index is 0.00577. The number of carbonyl (C=O) groups is 2. The number of carboxylic acids is 1. The van der Waals surface area contributed by atoms with E-state index in [-0.39, 0.29) is 6.54 Å². The number of rotatable bonds is 7. The molecule has 7 heteroatoms. The van der Waals surface area contributed by atoms with Crippen molar-refractivity contribution in [3.63, 3.8) is 0 Å². The van der Waals surface area contributed by atoms with Crippen molar-refractivity contribution in [1.29, 1.82) is 0 Å². The highest BCUT2D eigenvalue weighted by atomic mass is 35.5. The van der Waals surface area contributed by atoms with E-state index in [1.165, 1.54) is 23.1 Å². The second-order valence-electron chi connectivity index (χ2n) is 8.87. The molecular formula is C27H25ClFNO4. The maximum atomic E-state index is 13.6. The van der Waals surface area contributed by atoms with E-state index in [0.29, 0.717) is 28.3 Å². The first kappa shape index (κ1) is 23.8. The SMILES string of the molecule is C[C@]1(Cc2cccc(Cl)c2)CCc2cc(C(=O)N(CC(=O)O)Cc3cccc(F)c3)ccc2O1. The first-order chi connectivity index (χ1) is 16.2. The van der Waals surface area contributed by atoms with Crippen molar-refractivity contribution in [2.45, 2.75) is 38.3 Å². The van der Waals surface area contributed by atoms with Gasteiger partial charge in [-0.1, -0.05) is 35.9 Å². The van der Waals surface area contributed by atoms with Crippen molar-refractivity contribution in [3.05, 3.63) is 99.8 Å². The molecule has 4 rings (SSSR count). The molecule has 0 radical (unpaired) electrons. The van der Waals surface area contributed by atoms with Crippen LogP contribution in [0.1, 0.15) is 40.4 Å². The molecule has 176 valence electrons. The van der Waals surface area contributed by atoms with Crippen LogP contribution in [0.5, 0.6) is 5.75 Å². The number of carboxylic acid groups (broad SMARTS) is 1. The van der Waals surface area contributed by atoms with Crippen molar-refractivity contribution in [3.8, 4) is 5.75 Å². The molecule has 1 atom stereocenters. The number of aliphatic carboxylic acids is 1. The van der Waals surface area contributed by atoms with Gasteiger partial charge in [-0.25, -0.2) is 4.39 Å². The van der Waals surface area contributed by atoms with Gasteiger partial charge in [0.2, 0.25) is 0 Å². The average molecular weight is 482 g/mol. The summed E-state index contributed by atoms with van der Waals surface area (Å²) in [5, 5.41) is 9.99. The van der Waals surface area contributed by atoms with Crippen molar-refractivity contribution in [2.24, 2.45) is 0 Å². The fraction of sp³-hybridized carbons (Fsp3) is 0.259. The third kappa shape index (κ3) is 5.75. The highest BCUT2D eigenvalue weighted by Gasteiger charge is 2.32. The molecule has 5 nitrogen and oxygen atoms in total. The monoisotopic (exact) mass is 481 g/mol. The van der Waals surface area contributed by atoms with Gasteiger partial charge in [-0.15, -0.1) is 0 Å². The molecule has 0 bridgehead atoms. The van der Waals surface area contributed by atoms with E-state index < -0.39 is 29.8 Å². The van der Waals surface area contributed by atoms with Gasteiger partial charge >= 0.3 is 5.97 Å². The Labute approximate surface area is 202 Å². The Kier molecular flexibility index (Phi) is 6.89. The minimum atomic E-state index is -1.14. The van der Waals surface area contributed by atoms with Gasteiger partial charge in [0.25, 0.3) is 5.91 Å². The molecule has 34 heavy (non-hydrogen) atoms. The van der Waals surface area contributed by atoms with E-state index in [4.69, 9.17) is 16.3 Å². The van der Waals surface area contributed by atoms with Crippen LogP contribution in [0.25, 0.3) is 0 Å². The average Bonchev–Trinajstić information content (AvgIpc) is 2.77. The molecule has 0 fully saturated rings. The molecule has 1 N–H and O–H groups in total. The topological polar surface area (TPSA) is 66.8 Å². The molecule has 0 aliphatic carbocycles. The van der Waals surface area contributed by atoms with Gasteiger partial charge in [0.15, 0.2) is 0 Å². The van der Waals surface area contributed by atoms with Gasteiger partial charge in [0.05, 0.1) is 0 Å². The molecule has 1 aliphatic rings. The predicted molar refractivity (Wildman–Crippen MR) is 128 cm³/mol. The largest absolute Gasteiger partial charge is 0.487 e. The third-order valence-electron chi connectivity index (χ3n) is 5.93. The Bertz CT molecular complexity index is 1230. The Morgan fingerprint density at radius 2 is 1.85 bits per heavy atom. The summed E-state index contributed by atoms with van der Waals surface area (Å²) in [4.78, 5) is 25.8. The highest BCUT2D eigenvalue weighted by Crippen LogP contribution is 2.36. The number of benzene rings is 3. The second-order valence-corrected chi connectivity index (χ2v) is 9.30. The molecular weight excluding hydrogens is 457 g/mol. The maximum absolute atomic E-state index is 13.6. The van der Waals surface area contributed by atoms with Crippen molar-refractivity contribution >= 4 is 23.5 Å². The lowest BCUT2D eigenvalue weighted by Crippen LogP contribution is -2.39. The first-order valence-electron chi connectivity index (χ1n) is 11.0. The Balaban J connectivity index is 1.52. The lowest BCUT2D eigenvalue weighted by atomic mass is 9.87. The second kappa shape index (κ2) is 9.85. The molecule has 1 heterocycles. The number of nitrogens with zero attached hydrogens (tertiary/aromatic N) is 1. The fourth-order valence-electron chi connectivity index (χ4n) is 4.33. The summed E-state index contributed by atoms with van der Waals surface area (Å²) < 4.78 is 19.9. The zero-order chi connectivity index (χ0) is 24.3. The summed E-state index contributed by atoms with van der Waals surface area (Å²) >= 11 is 6.12. The van der Waals surface area contributed by atoms with Crippen molar-refractivity contribution < 1.29 is 23.8 Å². The molecule has 0 saturated heterocycles. The predicted octanol–water partition coefficient (Wildman–Crippen LogP) is 5.53. The van der Waals surface area contributed by atoms with Gasteiger partial charge < -0.3 is 14.7 Å². The Morgan fingerprint density at radius 1 is 1.09 bits per heavy atom. The Hall–Kier alpha value is -3.38. The summed E-state index contributed by atoms with van der Waals surface area (Å²) in [5.74, 6) is -1.29. The molecule has 0 spiro atoms. The van der Waals surface area contributed by atoms with Gasteiger partial charge in [-0.05, 0) is 78.9 Å². The molecule has 0 aromatic heterocycles. The van der Waals surface area contributed by atoms with Crippen LogP contribution in [-0.2, 0) is 24.2 Å². The Morgan fingerprint density at radius 3 is 2.59 bits per heavy atom. The van der Waals surface area contributed by atoms with Crippen LogP contribution in [0.15, 0.2) is 66.7 Å². The van der Waals surface area contributed by atoms with Crippen LogP contribution in [0.3, 0.4) is 0 Å². The number of hydrogen-bond acceptors (Lipinski definition) is 3. The quantitative estimate of drug-likeness (QED) is 0.481. The fourth-order valence-corrected chi connectivity index (χ4v) is 4.54. The van der Waals surface area contributed by atoms with Crippen LogP contribution in [0, 0.1) is 5.82 Å². The zero-order valence-electron chi connectivity index (χ0n) is 18.8. The lowest BCUT2D eigenvalue weighted by molar-refractivity contribution is -0.137. The minimum Gasteiger partial charge on any atom is -0.487 e. The van der Waals surface area contributed by atoms with Gasteiger partial charge in [0.1, 0.15) is 23.7 Å². The lowest BCUT2D eigenvalue weighted by Gasteiger charge is -2.36. The van der Waals surface area contributed by atoms with Gasteiger partial charge in [-0.2, -0.15) is 0 Å². The van der Waals surface area contributed by atoms with E-state index in [2.05, 4.69) is 6.92 Å². The summed E-state index contributed by atoms with van der Waals surface area (Å²) in [5.41, 5.74) is 2.48. The van der Waals surface area contributed by atoms with Gasteiger partial charge in [0, 0.05) is 23.6 Å². The highest BCUT2D eigenvalue weighted by molar-refractivity contribution is 6.30. The summed E-state index contributed by atoms with van der Waals surface area (Å²) in [6, 6.07) is 18.7. The number of carbonyl (C=O) groups excluding carboxylic acids is 1. The summed E-state index contributed by atoms with van der Waals surface area (Å²) in [6.07, 6.45) is 2.18. The van der Waals surface area contributed by atoms with E-state index in [0.717, 1.165) is 24.0 Å².